The molecule has 0 N–H and O–H groups in total. The summed E-state index contributed by atoms with van der Waals surface area (Å²) in [6, 6.07) is 0. The molecule has 0 aromatic rings. The van der Waals surface area contributed by atoms with Gasteiger partial charge in [0.15, 0.2) is 0 Å². The van der Waals surface area contributed by atoms with E-state index in [4.69, 9.17) is 0 Å². The van der Waals surface area contributed by atoms with Gasteiger partial charge in [-0.05, 0) is 6.92 Å². The maximum Gasteiger partial charge on any atom is 0.465 e. The Morgan fingerprint density at radius 3 is 2.07 bits per heavy atom. The molecule has 0 saturated heterocycles. The number of carbonyl (C=O) groups excluding carboxylic acids is 1. The van der Waals surface area contributed by atoms with E-state index < -0.39 is 24.2 Å². The van der Waals surface area contributed by atoms with Gasteiger partial charge < -0.3 is 4.74 Å². The van der Waals surface area contributed by atoms with E-state index in [1.165, 1.54) is 0 Å². The summed E-state index contributed by atoms with van der Waals surface area (Å²) in [5, 5.41) is 0. The Labute approximate surface area is 76.3 Å². The van der Waals surface area contributed by atoms with Crippen molar-refractivity contribution >= 4 is 5.97 Å². The van der Waals surface area contributed by atoms with Gasteiger partial charge in [0.05, 0.1) is 0 Å². The molecule has 0 radical (unpaired) electrons. The molecule has 0 bridgehead atoms. The zero-order chi connectivity index (χ0) is 11.6. The zero-order valence-corrected chi connectivity index (χ0v) is 7.07. The van der Waals surface area contributed by atoms with Crippen molar-refractivity contribution < 1.29 is 31.5 Å². The molecule has 0 saturated carbocycles. The molecule has 0 aliphatic rings. The van der Waals surface area contributed by atoms with Crippen molar-refractivity contribution in [2.45, 2.75) is 25.1 Å². The average molecular weight is 218 g/mol. The number of hydrogen-bond acceptors (Lipinski definition) is 2. The smallest absolute Gasteiger partial charge is 0.454 e. The summed E-state index contributed by atoms with van der Waals surface area (Å²) in [4.78, 5) is 10.3. The predicted molar refractivity (Wildman–Crippen MR) is 36.8 cm³/mol. The molecule has 0 amide bonds. The second-order valence-electron chi connectivity index (χ2n) is 2.42. The molecule has 7 heteroatoms. The highest BCUT2D eigenvalue weighted by Crippen LogP contribution is 2.36. The van der Waals surface area contributed by atoms with Crippen molar-refractivity contribution in [1.29, 1.82) is 0 Å². The second-order valence-corrected chi connectivity index (χ2v) is 2.42. The largest absolute Gasteiger partial charge is 0.465 e. The maximum atomic E-state index is 12.2. The Balaban J connectivity index is 4.60. The third-order valence-electron chi connectivity index (χ3n) is 1.24. The summed E-state index contributed by atoms with van der Waals surface area (Å²) in [6.45, 7) is 4.16. The minimum absolute atomic E-state index is 0.921. The third-order valence-corrected chi connectivity index (χ3v) is 1.24. The van der Waals surface area contributed by atoms with Gasteiger partial charge in [-0.1, -0.05) is 12.7 Å². The highest BCUT2D eigenvalue weighted by Gasteiger charge is 2.65. The van der Waals surface area contributed by atoms with Crippen LogP contribution in [-0.2, 0) is 9.53 Å². The first kappa shape index (κ1) is 12.9. The van der Waals surface area contributed by atoms with E-state index in [2.05, 4.69) is 11.3 Å². The van der Waals surface area contributed by atoms with E-state index >= 15 is 0 Å². The third kappa shape index (κ3) is 2.68. The Morgan fingerprint density at radius 2 is 1.79 bits per heavy atom. The average Bonchev–Trinajstić information content (AvgIpc) is 2.01. The molecule has 0 aliphatic heterocycles. The van der Waals surface area contributed by atoms with Gasteiger partial charge >= 0.3 is 18.1 Å². The van der Waals surface area contributed by atoms with E-state index in [1.54, 1.807) is 0 Å². The molecule has 1 atom stereocenters. The molecule has 0 spiro atoms. The van der Waals surface area contributed by atoms with Crippen LogP contribution in [0.3, 0.4) is 0 Å². The molecule has 1 unspecified atom stereocenters. The van der Waals surface area contributed by atoms with Crippen LogP contribution in [0.5, 0.6) is 0 Å². The molecular weight excluding hydrogens is 211 g/mol. The van der Waals surface area contributed by atoms with Crippen LogP contribution >= 0.6 is 0 Å². The maximum absolute atomic E-state index is 12.2. The lowest BCUT2D eigenvalue weighted by molar-refractivity contribution is -0.281. The Hall–Kier alpha value is -1.14. The molecule has 0 aromatic heterocycles. The molecule has 14 heavy (non-hydrogen) atoms. The van der Waals surface area contributed by atoms with Crippen LogP contribution in [0.4, 0.5) is 22.0 Å². The van der Waals surface area contributed by atoms with Gasteiger partial charge in [-0.3, -0.25) is 0 Å². The number of ether oxygens (including phenoxy) is 1. The molecule has 0 fully saturated rings. The van der Waals surface area contributed by atoms with Crippen LogP contribution in [0.25, 0.3) is 0 Å². The Bertz CT molecular complexity index is 233. The number of carbonyl (C=O) groups is 1. The van der Waals surface area contributed by atoms with E-state index in [-0.39, 0.29) is 0 Å². The van der Waals surface area contributed by atoms with Crippen LogP contribution in [0.15, 0.2) is 12.7 Å². The minimum atomic E-state index is -5.94. The lowest BCUT2D eigenvalue weighted by Crippen LogP contribution is -2.45. The quantitative estimate of drug-likeness (QED) is 0.412. The standard InChI is InChI=1S/C7H7F5O2/c1-3-4(2)14-5(13)6(8,9)7(10,11)12/h3-4H,1H2,2H3. The first-order valence-corrected chi connectivity index (χ1v) is 3.41. The number of halogens is 5. The monoisotopic (exact) mass is 218 g/mol. The van der Waals surface area contributed by atoms with Crippen molar-refractivity contribution in [2.75, 3.05) is 0 Å². The number of hydrogen-bond donors (Lipinski definition) is 0. The van der Waals surface area contributed by atoms with E-state index in [0.29, 0.717) is 0 Å². The molecule has 2 nitrogen and oxygen atoms in total. The summed E-state index contributed by atoms with van der Waals surface area (Å²) >= 11 is 0. The second kappa shape index (κ2) is 3.93. The van der Waals surface area contributed by atoms with Gasteiger partial charge in [0.2, 0.25) is 0 Å². The normalized spacial score (nSPS) is 14.7. The lowest BCUT2D eigenvalue weighted by Gasteiger charge is -2.19. The SMILES string of the molecule is C=CC(C)OC(=O)C(F)(F)C(F)(F)F. The highest BCUT2D eigenvalue weighted by atomic mass is 19.4. The van der Waals surface area contributed by atoms with Crippen LogP contribution in [0, 0.1) is 0 Å². The van der Waals surface area contributed by atoms with E-state index in [0.717, 1.165) is 13.0 Å². The molecule has 0 rings (SSSR count). The highest BCUT2D eigenvalue weighted by molar-refractivity contribution is 5.78. The van der Waals surface area contributed by atoms with E-state index in [9.17, 15) is 26.7 Å². The Kier molecular flexibility index (Phi) is 3.61. The van der Waals surface area contributed by atoms with Crippen LogP contribution < -0.4 is 0 Å². The minimum Gasteiger partial charge on any atom is -0.454 e. The van der Waals surface area contributed by atoms with Gasteiger partial charge in [-0.2, -0.15) is 22.0 Å². The first-order chi connectivity index (χ1) is 6.13. The van der Waals surface area contributed by atoms with Crippen LogP contribution in [-0.4, -0.2) is 24.2 Å². The fourth-order valence-electron chi connectivity index (χ4n) is 0.407. The summed E-state index contributed by atoms with van der Waals surface area (Å²) in [6.07, 6.45) is -6.22. The fraction of sp³-hybridized carbons (Fsp3) is 0.571. The predicted octanol–water partition coefficient (Wildman–Crippen LogP) is 2.30. The summed E-state index contributed by atoms with van der Waals surface area (Å²) in [7, 11) is 0. The Morgan fingerprint density at radius 1 is 1.36 bits per heavy atom. The lowest BCUT2D eigenvalue weighted by atomic mass is 10.3. The molecule has 0 aromatic carbocycles. The van der Waals surface area contributed by atoms with Crippen molar-refractivity contribution in [3.8, 4) is 0 Å². The van der Waals surface area contributed by atoms with Gasteiger partial charge in [0.1, 0.15) is 6.10 Å². The van der Waals surface area contributed by atoms with Crippen molar-refractivity contribution in [3.63, 3.8) is 0 Å². The summed E-state index contributed by atoms with van der Waals surface area (Å²) < 4.78 is 62.8. The van der Waals surface area contributed by atoms with Crippen molar-refractivity contribution in [2.24, 2.45) is 0 Å². The van der Waals surface area contributed by atoms with Crippen LogP contribution in [0.2, 0.25) is 0 Å². The zero-order valence-electron chi connectivity index (χ0n) is 7.07. The molecular formula is C7H7F5O2. The number of rotatable bonds is 3. The van der Waals surface area contributed by atoms with Gasteiger partial charge in [0.25, 0.3) is 0 Å². The number of esters is 1. The van der Waals surface area contributed by atoms with Crippen LogP contribution in [0.1, 0.15) is 6.92 Å². The topological polar surface area (TPSA) is 26.3 Å². The van der Waals surface area contributed by atoms with Crippen molar-refractivity contribution in [1.82, 2.24) is 0 Å². The number of alkyl halides is 5. The molecule has 82 valence electrons. The first-order valence-electron chi connectivity index (χ1n) is 3.41. The van der Waals surface area contributed by atoms with Gasteiger partial charge in [-0.25, -0.2) is 4.79 Å². The van der Waals surface area contributed by atoms with Crippen molar-refractivity contribution in [3.05, 3.63) is 12.7 Å². The summed E-state index contributed by atoms with van der Waals surface area (Å²) in [5.74, 6) is -8.11. The van der Waals surface area contributed by atoms with E-state index in [1.807, 2.05) is 0 Å². The van der Waals surface area contributed by atoms with Gasteiger partial charge in [-0.15, -0.1) is 0 Å². The molecule has 0 heterocycles. The van der Waals surface area contributed by atoms with Gasteiger partial charge in [0, 0.05) is 0 Å². The molecule has 0 aliphatic carbocycles. The fourth-order valence-corrected chi connectivity index (χ4v) is 0.407. The summed E-state index contributed by atoms with van der Waals surface area (Å²) in [5.41, 5.74) is 0.